The van der Waals surface area contributed by atoms with Crippen molar-refractivity contribution in [1.82, 2.24) is 24.9 Å². The van der Waals surface area contributed by atoms with Gasteiger partial charge in [-0.1, -0.05) is 25.3 Å². The van der Waals surface area contributed by atoms with Gasteiger partial charge < -0.3 is 9.52 Å². The second-order valence-electron chi connectivity index (χ2n) is 11.1. The maximum absolute atomic E-state index is 13.2. The van der Waals surface area contributed by atoms with Gasteiger partial charge in [-0.15, -0.1) is 21.5 Å². The van der Waals surface area contributed by atoms with Crippen LogP contribution in [-0.2, 0) is 27.7 Å². The maximum atomic E-state index is 13.2. The summed E-state index contributed by atoms with van der Waals surface area (Å²) in [6.07, 6.45) is 1.99. The monoisotopic (exact) mass is 623 g/mol. The summed E-state index contributed by atoms with van der Waals surface area (Å²) in [7, 11) is -4.53. The second kappa shape index (κ2) is 11.0. The van der Waals surface area contributed by atoms with Gasteiger partial charge in [0.2, 0.25) is 15.9 Å². The molecule has 0 aliphatic heterocycles. The Labute approximate surface area is 243 Å². The van der Waals surface area contributed by atoms with Gasteiger partial charge in [-0.2, -0.15) is 17.9 Å². The third-order valence-corrected chi connectivity index (χ3v) is 10.1. The van der Waals surface area contributed by atoms with Crippen molar-refractivity contribution in [3.05, 3.63) is 42.2 Å². The maximum Gasteiger partial charge on any atom is 0.404 e. The third-order valence-electron chi connectivity index (χ3n) is 7.36. The molecule has 3 aromatic heterocycles. The summed E-state index contributed by atoms with van der Waals surface area (Å²) in [5, 5.41) is 18.6. The molecule has 1 fully saturated rings. The highest BCUT2D eigenvalue weighted by atomic mass is 32.2. The van der Waals surface area contributed by atoms with Crippen LogP contribution in [0, 0.1) is 11.3 Å². The van der Waals surface area contributed by atoms with Crippen molar-refractivity contribution in [2.24, 2.45) is 11.3 Å². The topological polar surface area (TPSA) is 148 Å². The van der Waals surface area contributed by atoms with Crippen LogP contribution in [0.4, 0.5) is 13.2 Å². The molecule has 1 aliphatic carbocycles. The quantitative estimate of drug-likeness (QED) is 0.229. The summed E-state index contributed by atoms with van der Waals surface area (Å²) in [5.41, 5.74) is 0.245. The van der Waals surface area contributed by atoms with E-state index in [9.17, 15) is 31.5 Å². The van der Waals surface area contributed by atoms with Crippen LogP contribution >= 0.6 is 11.3 Å². The lowest BCUT2D eigenvalue weighted by molar-refractivity contribution is -0.147. The minimum atomic E-state index is -4.75. The Morgan fingerprint density at radius 1 is 1.19 bits per heavy atom. The molecule has 224 valence electrons. The number of benzene rings is 1. The summed E-state index contributed by atoms with van der Waals surface area (Å²) in [6.45, 7) is 3.85. The molecule has 5 rings (SSSR count). The number of fused-ring (bicyclic) bond motifs is 1. The Hall–Kier alpha value is -3.43. The summed E-state index contributed by atoms with van der Waals surface area (Å²) in [4.78, 5) is 20.9. The van der Waals surface area contributed by atoms with E-state index in [4.69, 9.17) is 9.40 Å². The third kappa shape index (κ3) is 6.03. The van der Waals surface area contributed by atoms with Crippen molar-refractivity contribution in [1.29, 1.82) is 0 Å². The van der Waals surface area contributed by atoms with E-state index in [0.717, 1.165) is 36.8 Å². The molecule has 1 atom stereocenters. The number of nitrogens with one attached hydrogen (secondary N) is 1. The molecule has 0 saturated heterocycles. The molecule has 0 spiro atoms. The number of thiazole rings is 1. The molecule has 4 aromatic rings. The molecule has 15 heteroatoms. The van der Waals surface area contributed by atoms with Gasteiger partial charge in [-0.25, -0.2) is 13.4 Å². The van der Waals surface area contributed by atoms with Crippen LogP contribution in [0.15, 0.2) is 39.9 Å². The van der Waals surface area contributed by atoms with Gasteiger partial charge in [0.1, 0.15) is 6.04 Å². The van der Waals surface area contributed by atoms with Gasteiger partial charge in [-0.3, -0.25) is 9.78 Å². The molecule has 0 amide bonds. The van der Waals surface area contributed by atoms with Crippen LogP contribution in [0.1, 0.15) is 51.6 Å². The van der Waals surface area contributed by atoms with E-state index in [1.807, 2.05) is 0 Å². The van der Waals surface area contributed by atoms with Crippen LogP contribution in [0.5, 0.6) is 0 Å². The van der Waals surface area contributed by atoms with E-state index in [1.165, 1.54) is 35.9 Å². The number of nitrogens with zero attached hydrogens (tertiary/aromatic N) is 4. The van der Waals surface area contributed by atoms with Gasteiger partial charge >= 0.3 is 12.1 Å². The highest BCUT2D eigenvalue weighted by Gasteiger charge is 2.39. The fourth-order valence-electron chi connectivity index (χ4n) is 4.59. The van der Waals surface area contributed by atoms with Gasteiger partial charge in [0.25, 0.3) is 5.89 Å². The van der Waals surface area contributed by atoms with Crippen LogP contribution in [0.2, 0.25) is 0 Å². The molecule has 10 nitrogen and oxygen atoms in total. The SMILES string of the molecule is C[C@H](NS(=O)(=O)c1ccc(-c2sc(-c3nnc(CC(C)(C)C(=O)O)o3)nc2CC2CCC2)c2cnccc12)C(F)(F)F. The normalized spacial score (nSPS) is 15.6. The van der Waals surface area contributed by atoms with Crippen LogP contribution in [-0.4, -0.2) is 51.9 Å². The average molecular weight is 624 g/mol. The van der Waals surface area contributed by atoms with Crippen molar-refractivity contribution in [2.45, 2.75) is 70.0 Å². The number of alkyl halides is 3. The number of sulfonamides is 1. The Kier molecular flexibility index (Phi) is 7.87. The lowest BCUT2D eigenvalue weighted by Crippen LogP contribution is -2.43. The molecule has 1 saturated carbocycles. The molecule has 3 heterocycles. The van der Waals surface area contributed by atoms with E-state index < -0.39 is 33.6 Å². The second-order valence-corrected chi connectivity index (χ2v) is 13.8. The van der Waals surface area contributed by atoms with Crippen molar-refractivity contribution >= 4 is 38.1 Å². The Bertz CT molecular complexity index is 1750. The van der Waals surface area contributed by atoms with Gasteiger partial charge in [0.15, 0.2) is 5.01 Å². The lowest BCUT2D eigenvalue weighted by Gasteiger charge is -2.24. The number of carboxylic acid groups (broad SMARTS) is 1. The fourth-order valence-corrected chi connectivity index (χ4v) is 7.08. The molecule has 1 aliphatic rings. The molecule has 1 aromatic carbocycles. The largest absolute Gasteiger partial charge is 0.481 e. The molecule has 2 N–H and O–H groups in total. The number of carbonyl (C=O) groups is 1. The first-order valence-electron chi connectivity index (χ1n) is 13.2. The standard InChI is InChI=1S/C27H28F3N5O5S2/c1-14(27(28,29)30)35-42(38,39)20-8-7-17(18-13-31-10-9-16(18)20)22-19(11-15-5-4-6-15)32-24(41-22)23-34-33-21(40-23)12-26(2,3)25(36)37/h7-10,13-15,35H,4-6,11-12H2,1-3H3,(H,36,37)/t14-/m0/s1. The number of pyridine rings is 1. The smallest absolute Gasteiger partial charge is 0.404 e. The van der Waals surface area contributed by atoms with E-state index in [-0.39, 0.29) is 28.5 Å². The van der Waals surface area contributed by atoms with E-state index in [2.05, 4.69) is 15.2 Å². The number of hydrogen-bond acceptors (Lipinski definition) is 9. The van der Waals surface area contributed by atoms with Crippen LogP contribution in [0.3, 0.4) is 0 Å². The number of aliphatic carboxylic acids is 1. The van der Waals surface area contributed by atoms with E-state index in [1.54, 1.807) is 24.6 Å². The molecular weight excluding hydrogens is 595 g/mol. The van der Waals surface area contributed by atoms with E-state index in [0.29, 0.717) is 28.3 Å². The number of rotatable bonds is 10. The van der Waals surface area contributed by atoms with Crippen molar-refractivity contribution in [3.8, 4) is 21.3 Å². The zero-order valence-corrected chi connectivity index (χ0v) is 24.5. The summed E-state index contributed by atoms with van der Waals surface area (Å²) in [6, 6.07) is 2.01. The Balaban J connectivity index is 1.57. The molecule has 0 bridgehead atoms. The van der Waals surface area contributed by atoms with Crippen molar-refractivity contribution in [2.75, 3.05) is 0 Å². The van der Waals surface area contributed by atoms with Gasteiger partial charge in [-0.05, 0) is 45.2 Å². The average Bonchev–Trinajstić information content (AvgIpc) is 3.51. The predicted molar refractivity (Wildman–Crippen MR) is 148 cm³/mol. The predicted octanol–water partition coefficient (Wildman–Crippen LogP) is 5.63. The van der Waals surface area contributed by atoms with Crippen molar-refractivity contribution < 1.29 is 35.9 Å². The molecule has 42 heavy (non-hydrogen) atoms. The lowest BCUT2D eigenvalue weighted by atomic mass is 9.81. The van der Waals surface area contributed by atoms with E-state index >= 15 is 0 Å². The number of halogens is 3. The minimum absolute atomic E-state index is 0.0235. The molecule has 0 unspecified atom stereocenters. The first-order valence-corrected chi connectivity index (χ1v) is 15.5. The first-order chi connectivity index (χ1) is 19.7. The number of hydrogen-bond donors (Lipinski definition) is 2. The number of aromatic nitrogens is 4. The van der Waals surface area contributed by atoms with Crippen molar-refractivity contribution in [3.63, 3.8) is 0 Å². The van der Waals surface area contributed by atoms with Crippen LogP contribution < -0.4 is 4.72 Å². The summed E-state index contributed by atoms with van der Waals surface area (Å²) in [5.74, 6) is -0.301. The fraction of sp³-hybridized carbons (Fsp3) is 0.444. The summed E-state index contributed by atoms with van der Waals surface area (Å²) >= 11 is 1.26. The first kappa shape index (κ1) is 30.0. The Morgan fingerprint density at radius 3 is 2.57 bits per heavy atom. The highest BCUT2D eigenvalue weighted by Crippen LogP contribution is 2.42. The highest BCUT2D eigenvalue weighted by molar-refractivity contribution is 7.89. The molecular formula is C27H28F3N5O5S2. The van der Waals surface area contributed by atoms with Crippen LogP contribution in [0.25, 0.3) is 32.1 Å². The minimum Gasteiger partial charge on any atom is -0.481 e. The zero-order valence-electron chi connectivity index (χ0n) is 22.9. The summed E-state index contributed by atoms with van der Waals surface area (Å²) < 4.78 is 73.0. The molecule has 0 radical (unpaired) electrons. The zero-order chi connectivity index (χ0) is 30.4. The number of carboxylic acids is 1. The van der Waals surface area contributed by atoms with Gasteiger partial charge in [0, 0.05) is 35.2 Å². The Morgan fingerprint density at radius 2 is 1.93 bits per heavy atom. The van der Waals surface area contributed by atoms with Gasteiger partial charge in [0.05, 0.1) is 20.9 Å².